The lowest BCUT2D eigenvalue weighted by Crippen LogP contribution is -2.37. The molecule has 0 aliphatic heterocycles. The summed E-state index contributed by atoms with van der Waals surface area (Å²) in [6.07, 6.45) is 0.725. The summed E-state index contributed by atoms with van der Waals surface area (Å²) in [5, 5.41) is 0. The minimum absolute atomic E-state index is 0.537. The van der Waals surface area contributed by atoms with Crippen molar-refractivity contribution in [3.05, 3.63) is 59.2 Å². The average Bonchev–Trinajstić information content (AvgIpc) is 2.35. The average molecular weight is 255 g/mol. The van der Waals surface area contributed by atoms with Gasteiger partial charge in [-0.25, -0.2) is 0 Å². The summed E-state index contributed by atoms with van der Waals surface area (Å²) in [5.74, 6) is 0. The highest BCUT2D eigenvalue weighted by Crippen LogP contribution is 2.33. The van der Waals surface area contributed by atoms with Gasteiger partial charge in [-0.2, -0.15) is 0 Å². The molecule has 0 spiro atoms. The summed E-state index contributed by atoms with van der Waals surface area (Å²) in [6.45, 7) is 4.01. The fourth-order valence-corrected chi connectivity index (χ4v) is 2.61. The lowest BCUT2D eigenvalue weighted by molar-refractivity contribution is 0.491. The SMILES string of the molecule is Cc1ccc(N)c(N)c1C(C)(N)Cc1ccccc1. The van der Waals surface area contributed by atoms with Crippen molar-refractivity contribution in [3.63, 3.8) is 0 Å². The minimum Gasteiger partial charge on any atom is -0.397 e. The molecule has 100 valence electrons. The van der Waals surface area contributed by atoms with Crippen molar-refractivity contribution in [2.75, 3.05) is 11.5 Å². The van der Waals surface area contributed by atoms with Crippen LogP contribution in [-0.2, 0) is 12.0 Å². The molecule has 0 aromatic heterocycles. The van der Waals surface area contributed by atoms with Crippen molar-refractivity contribution in [2.24, 2.45) is 5.73 Å². The molecule has 0 radical (unpaired) electrons. The van der Waals surface area contributed by atoms with Crippen molar-refractivity contribution in [1.82, 2.24) is 0 Å². The normalized spacial score (nSPS) is 14.1. The number of hydrogen-bond acceptors (Lipinski definition) is 3. The van der Waals surface area contributed by atoms with Gasteiger partial charge < -0.3 is 17.2 Å². The summed E-state index contributed by atoms with van der Waals surface area (Å²) >= 11 is 0. The molecule has 1 atom stereocenters. The van der Waals surface area contributed by atoms with Gasteiger partial charge in [0.25, 0.3) is 0 Å². The highest BCUT2D eigenvalue weighted by molar-refractivity contribution is 5.70. The molecule has 19 heavy (non-hydrogen) atoms. The summed E-state index contributed by atoms with van der Waals surface area (Å²) in [7, 11) is 0. The molecule has 0 heterocycles. The van der Waals surface area contributed by atoms with E-state index in [0.29, 0.717) is 11.4 Å². The first kappa shape index (κ1) is 13.4. The molecule has 2 rings (SSSR count). The summed E-state index contributed by atoms with van der Waals surface area (Å²) in [4.78, 5) is 0. The summed E-state index contributed by atoms with van der Waals surface area (Å²) < 4.78 is 0. The van der Waals surface area contributed by atoms with Crippen molar-refractivity contribution >= 4 is 11.4 Å². The van der Waals surface area contributed by atoms with E-state index in [-0.39, 0.29) is 0 Å². The molecule has 0 amide bonds. The second-order valence-corrected chi connectivity index (χ2v) is 5.34. The Morgan fingerprint density at radius 2 is 1.63 bits per heavy atom. The number of nitrogens with two attached hydrogens (primary N) is 3. The van der Waals surface area contributed by atoms with Crippen LogP contribution in [0.3, 0.4) is 0 Å². The zero-order chi connectivity index (χ0) is 14.0. The van der Waals surface area contributed by atoms with E-state index < -0.39 is 5.54 Å². The smallest absolute Gasteiger partial charge is 0.0601 e. The Hall–Kier alpha value is -2.00. The fraction of sp³-hybridized carbons (Fsp3) is 0.250. The van der Waals surface area contributed by atoms with Gasteiger partial charge in [-0.15, -0.1) is 0 Å². The molecule has 0 aliphatic carbocycles. The Morgan fingerprint density at radius 1 is 1.00 bits per heavy atom. The Bertz CT molecular complexity index is 574. The third kappa shape index (κ3) is 2.71. The Balaban J connectivity index is 2.42. The molecule has 1 unspecified atom stereocenters. The standard InChI is InChI=1S/C16H21N3/c1-11-8-9-13(17)15(18)14(11)16(2,19)10-12-6-4-3-5-7-12/h3-9H,10,17-19H2,1-2H3. The molecule has 2 aromatic rings. The highest BCUT2D eigenvalue weighted by Gasteiger charge is 2.26. The van der Waals surface area contributed by atoms with Crippen molar-refractivity contribution < 1.29 is 0 Å². The third-order valence-electron chi connectivity index (χ3n) is 3.47. The van der Waals surface area contributed by atoms with Crippen LogP contribution < -0.4 is 17.2 Å². The van der Waals surface area contributed by atoms with Gasteiger partial charge >= 0.3 is 0 Å². The van der Waals surface area contributed by atoms with Crippen LogP contribution in [0.4, 0.5) is 11.4 Å². The van der Waals surface area contributed by atoms with Crippen LogP contribution in [0.15, 0.2) is 42.5 Å². The third-order valence-corrected chi connectivity index (χ3v) is 3.47. The number of aryl methyl sites for hydroxylation is 1. The molecule has 6 N–H and O–H groups in total. The van der Waals surface area contributed by atoms with Crippen LogP contribution in [0.5, 0.6) is 0 Å². The number of nitrogen functional groups attached to an aromatic ring is 2. The van der Waals surface area contributed by atoms with Crippen LogP contribution in [0.25, 0.3) is 0 Å². The maximum absolute atomic E-state index is 6.51. The second-order valence-electron chi connectivity index (χ2n) is 5.34. The van der Waals surface area contributed by atoms with Gasteiger partial charge in [0.15, 0.2) is 0 Å². The molecule has 0 saturated carbocycles. The van der Waals surface area contributed by atoms with Gasteiger partial charge in [0.05, 0.1) is 11.4 Å². The second kappa shape index (κ2) is 4.94. The Morgan fingerprint density at radius 3 is 2.26 bits per heavy atom. The maximum Gasteiger partial charge on any atom is 0.0601 e. The van der Waals surface area contributed by atoms with E-state index in [4.69, 9.17) is 17.2 Å². The maximum atomic E-state index is 6.51. The zero-order valence-electron chi connectivity index (χ0n) is 11.5. The first-order chi connectivity index (χ1) is 8.92. The van der Waals surface area contributed by atoms with E-state index in [9.17, 15) is 0 Å². The largest absolute Gasteiger partial charge is 0.397 e. The summed E-state index contributed by atoms with van der Waals surface area (Å²) in [6, 6.07) is 14.0. The van der Waals surface area contributed by atoms with Gasteiger partial charge in [-0.1, -0.05) is 36.4 Å². The number of anilines is 2. The fourth-order valence-electron chi connectivity index (χ4n) is 2.61. The predicted octanol–water partition coefficient (Wildman–Crippen LogP) is 2.58. The number of rotatable bonds is 3. The van der Waals surface area contributed by atoms with Gasteiger partial charge in [0.2, 0.25) is 0 Å². The van der Waals surface area contributed by atoms with Crippen molar-refractivity contribution in [2.45, 2.75) is 25.8 Å². The number of benzene rings is 2. The Labute approximate surface area is 114 Å². The van der Waals surface area contributed by atoms with Gasteiger partial charge in [0.1, 0.15) is 0 Å². The van der Waals surface area contributed by atoms with Crippen LogP contribution in [-0.4, -0.2) is 0 Å². The number of hydrogen-bond donors (Lipinski definition) is 3. The first-order valence-electron chi connectivity index (χ1n) is 6.39. The molecule has 0 saturated heterocycles. The van der Waals surface area contributed by atoms with Crippen molar-refractivity contribution in [3.8, 4) is 0 Å². The van der Waals surface area contributed by atoms with E-state index in [1.807, 2.05) is 44.2 Å². The molecule has 3 nitrogen and oxygen atoms in total. The molecular weight excluding hydrogens is 234 g/mol. The minimum atomic E-state index is -0.537. The lowest BCUT2D eigenvalue weighted by Gasteiger charge is -2.29. The van der Waals surface area contributed by atoms with Gasteiger partial charge in [-0.3, -0.25) is 0 Å². The molecule has 0 fully saturated rings. The lowest BCUT2D eigenvalue weighted by atomic mass is 9.82. The van der Waals surface area contributed by atoms with Crippen LogP contribution >= 0.6 is 0 Å². The monoisotopic (exact) mass is 255 g/mol. The molecule has 2 aromatic carbocycles. The molecule has 0 bridgehead atoms. The highest BCUT2D eigenvalue weighted by atomic mass is 14.8. The van der Waals surface area contributed by atoms with Crippen LogP contribution in [0.2, 0.25) is 0 Å². The van der Waals surface area contributed by atoms with E-state index >= 15 is 0 Å². The first-order valence-corrected chi connectivity index (χ1v) is 6.39. The Kier molecular flexibility index (Phi) is 3.49. The molecule has 0 aliphatic rings. The molecular formula is C16H21N3. The van der Waals surface area contributed by atoms with Crippen LogP contribution in [0, 0.1) is 6.92 Å². The quantitative estimate of drug-likeness (QED) is 0.738. The summed E-state index contributed by atoms with van der Waals surface area (Å²) in [5.41, 5.74) is 22.4. The van der Waals surface area contributed by atoms with E-state index in [0.717, 1.165) is 17.5 Å². The van der Waals surface area contributed by atoms with E-state index in [1.54, 1.807) is 0 Å². The van der Waals surface area contributed by atoms with Gasteiger partial charge in [-0.05, 0) is 43.0 Å². The zero-order valence-corrected chi connectivity index (χ0v) is 11.5. The van der Waals surface area contributed by atoms with Gasteiger partial charge in [0, 0.05) is 5.54 Å². The topological polar surface area (TPSA) is 78.1 Å². The van der Waals surface area contributed by atoms with E-state index in [1.165, 1.54) is 5.56 Å². The van der Waals surface area contributed by atoms with E-state index in [2.05, 4.69) is 12.1 Å². The van der Waals surface area contributed by atoms with Crippen LogP contribution in [0.1, 0.15) is 23.6 Å². The predicted molar refractivity (Wildman–Crippen MR) is 81.7 cm³/mol. The van der Waals surface area contributed by atoms with Crippen molar-refractivity contribution in [1.29, 1.82) is 0 Å². The molecule has 3 heteroatoms.